The van der Waals surface area contributed by atoms with Crippen LogP contribution in [0, 0.1) is 11.7 Å². The summed E-state index contributed by atoms with van der Waals surface area (Å²) in [5, 5.41) is 4.10. The van der Waals surface area contributed by atoms with Gasteiger partial charge in [-0.25, -0.2) is 4.39 Å². The molecule has 1 heterocycles. The quantitative estimate of drug-likeness (QED) is 0.757. The van der Waals surface area contributed by atoms with Gasteiger partial charge in [0.25, 0.3) is 0 Å². The highest BCUT2D eigenvalue weighted by atomic mass is 19.1. The van der Waals surface area contributed by atoms with Crippen LogP contribution >= 0.6 is 0 Å². The predicted octanol–water partition coefficient (Wildman–Crippen LogP) is 3.13. The maximum atomic E-state index is 13.0. The number of amides is 1. The Morgan fingerprint density at radius 2 is 2.13 bits per heavy atom. The summed E-state index contributed by atoms with van der Waals surface area (Å²) in [6, 6.07) is 6.21. The van der Waals surface area contributed by atoms with Crippen LogP contribution in [0.3, 0.4) is 0 Å². The van der Waals surface area contributed by atoms with Crippen molar-refractivity contribution in [3.8, 4) is 0 Å². The molecule has 1 amide bonds. The lowest BCUT2D eigenvalue weighted by Gasteiger charge is -2.32. The van der Waals surface area contributed by atoms with Crippen molar-refractivity contribution in [1.82, 2.24) is 4.90 Å². The van der Waals surface area contributed by atoms with Crippen LogP contribution in [0.15, 0.2) is 42.1 Å². The maximum Gasteiger partial charge on any atom is 0.226 e. The summed E-state index contributed by atoms with van der Waals surface area (Å²) >= 11 is 0. The molecule has 1 saturated carbocycles. The first-order chi connectivity index (χ1) is 11.2. The molecule has 1 aliphatic carbocycles. The number of halogens is 1. The third-order valence-electron chi connectivity index (χ3n) is 4.45. The van der Waals surface area contributed by atoms with Gasteiger partial charge >= 0.3 is 0 Å². The van der Waals surface area contributed by atoms with Gasteiger partial charge in [0.2, 0.25) is 5.91 Å². The smallest absolute Gasteiger partial charge is 0.226 e. The Kier molecular flexibility index (Phi) is 4.74. The minimum atomic E-state index is -0.270. The Morgan fingerprint density at radius 1 is 1.39 bits per heavy atom. The van der Waals surface area contributed by atoms with E-state index in [1.165, 1.54) is 12.1 Å². The highest BCUT2D eigenvalue weighted by Gasteiger charge is 2.32. The van der Waals surface area contributed by atoms with E-state index in [1.807, 2.05) is 4.90 Å². The first-order valence-corrected chi connectivity index (χ1v) is 8.05. The number of nitrogens with zero attached hydrogens (tertiary/aromatic N) is 2. The van der Waals surface area contributed by atoms with E-state index in [9.17, 15) is 9.18 Å². The van der Waals surface area contributed by atoms with E-state index in [0.29, 0.717) is 19.5 Å². The zero-order chi connectivity index (χ0) is 16.2. The van der Waals surface area contributed by atoms with E-state index in [4.69, 9.17) is 4.84 Å². The standard InChI is InChI=1S/C18H21FN2O2/c1-2-10-21(18(22)14-4-3-5-14)12-16-11-17(20-23-16)13-6-8-15(19)9-7-13/h2,6-9,14,16H,1,3-5,10-12H2/t16-/m0/s1. The van der Waals surface area contributed by atoms with E-state index < -0.39 is 0 Å². The molecule has 3 rings (SSSR count). The largest absolute Gasteiger partial charge is 0.390 e. The minimum Gasteiger partial charge on any atom is -0.390 e. The number of carbonyl (C=O) groups excluding carboxylic acids is 1. The monoisotopic (exact) mass is 316 g/mol. The number of rotatable bonds is 6. The summed E-state index contributed by atoms with van der Waals surface area (Å²) in [7, 11) is 0. The van der Waals surface area contributed by atoms with Crippen LogP contribution in [0.2, 0.25) is 0 Å². The van der Waals surface area contributed by atoms with E-state index in [-0.39, 0.29) is 23.7 Å². The molecule has 2 aliphatic rings. The van der Waals surface area contributed by atoms with Crippen molar-refractivity contribution in [3.05, 3.63) is 48.3 Å². The molecule has 1 aromatic carbocycles. The Balaban J connectivity index is 1.59. The molecule has 0 radical (unpaired) electrons. The Hall–Kier alpha value is -2.17. The highest BCUT2D eigenvalue weighted by Crippen LogP contribution is 2.29. The van der Waals surface area contributed by atoms with Gasteiger partial charge in [-0.15, -0.1) is 6.58 Å². The first kappa shape index (κ1) is 15.7. The molecule has 0 bridgehead atoms. The van der Waals surface area contributed by atoms with Crippen LogP contribution in [0.4, 0.5) is 4.39 Å². The van der Waals surface area contributed by atoms with Gasteiger partial charge in [0, 0.05) is 18.9 Å². The molecule has 0 spiro atoms. The molecule has 0 N–H and O–H groups in total. The van der Waals surface area contributed by atoms with Crippen molar-refractivity contribution >= 4 is 11.6 Å². The number of hydrogen-bond donors (Lipinski definition) is 0. The summed E-state index contributed by atoms with van der Waals surface area (Å²) in [6.45, 7) is 4.77. The lowest BCUT2D eigenvalue weighted by atomic mass is 9.84. The second-order valence-electron chi connectivity index (χ2n) is 6.14. The third kappa shape index (κ3) is 3.60. The van der Waals surface area contributed by atoms with Gasteiger partial charge in [-0.2, -0.15) is 0 Å². The fraction of sp³-hybridized carbons (Fsp3) is 0.444. The van der Waals surface area contributed by atoms with Gasteiger partial charge in [-0.3, -0.25) is 4.79 Å². The van der Waals surface area contributed by atoms with Gasteiger partial charge in [-0.1, -0.05) is 29.8 Å². The lowest BCUT2D eigenvalue weighted by molar-refractivity contribution is -0.139. The normalized spacial score (nSPS) is 20.4. The fourth-order valence-corrected chi connectivity index (χ4v) is 2.91. The van der Waals surface area contributed by atoms with Crippen molar-refractivity contribution in [3.63, 3.8) is 0 Å². The van der Waals surface area contributed by atoms with E-state index >= 15 is 0 Å². The maximum absolute atomic E-state index is 13.0. The van der Waals surface area contributed by atoms with Crippen molar-refractivity contribution in [2.24, 2.45) is 11.1 Å². The molecule has 5 heteroatoms. The summed E-state index contributed by atoms with van der Waals surface area (Å²) in [6.07, 6.45) is 5.31. The molecular weight excluding hydrogens is 295 g/mol. The average Bonchev–Trinajstić information content (AvgIpc) is 2.94. The van der Waals surface area contributed by atoms with Crippen molar-refractivity contribution < 1.29 is 14.0 Å². The van der Waals surface area contributed by atoms with Crippen molar-refractivity contribution in [1.29, 1.82) is 0 Å². The topological polar surface area (TPSA) is 41.9 Å². The summed E-state index contributed by atoms with van der Waals surface area (Å²) < 4.78 is 13.0. The molecule has 0 aromatic heterocycles. The SMILES string of the molecule is C=CCN(C[C@@H]1CC(c2ccc(F)cc2)=NO1)C(=O)C1CCC1. The molecule has 1 aliphatic heterocycles. The number of benzene rings is 1. The van der Waals surface area contributed by atoms with Crippen LogP contribution in [0.25, 0.3) is 0 Å². The molecule has 0 unspecified atom stereocenters. The molecule has 1 fully saturated rings. The summed E-state index contributed by atoms with van der Waals surface area (Å²) in [5.74, 6) is 0.0805. The number of hydrogen-bond acceptors (Lipinski definition) is 3. The van der Waals surface area contributed by atoms with Gasteiger partial charge < -0.3 is 9.74 Å². The van der Waals surface area contributed by atoms with E-state index in [1.54, 1.807) is 18.2 Å². The fourth-order valence-electron chi connectivity index (χ4n) is 2.91. The molecular formula is C18H21FN2O2. The summed E-state index contributed by atoms with van der Waals surface area (Å²) in [4.78, 5) is 19.7. The molecule has 23 heavy (non-hydrogen) atoms. The predicted molar refractivity (Wildman–Crippen MR) is 86.5 cm³/mol. The lowest BCUT2D eigenvalue weighted by Crippen LogP contribution is -2.43. The zero-order valence-corrected chi connectivity index (χ0v) is 13.1. The van der Waals surface area contributed by atoms with Crippen LogP contribution in [0.1, 0.15) is 31.2 Å². The Labute approximate surface area is 135 Å². The van der Waals surface area contributed by atoms with Crippen molar-refractivity contribution in [2.45, 2.75) is 31.8 Å². The van der Waals surface area contributed by atoms with Crippen LogP contribution in [-0.4, -0.2) is 35.7 Å². The number of oxime groups is 1. The zero-order valence-electron chi connectivity index (χ0n) is 13.1. The van der Waals surface area contributed by atoms with Crippen molar-refractivity contribution in [2.75, 3.05) is 13.1 Å². The van der Waals surface area contributed by atoms with Gasteiger partial charge in [0.05, 0.1) is 12.3 Å². The Morgan fingerprint density at radius 3 is 2.74 bits per heavy atom. The Bertz CT molecular complexity index is 608. The number of carbonyl (C=O) groups is 1. The summed E-state index contributed by atoms with van der Waals surface area (Å²) in [5.41, 5.74) is 1.65. The second-order valence-corrected chi connectivity index (χ2v) is 6.14. The van der Waals surface area contributed by atoms with E-state index in [0.717, 1.165) is 30.5 Å². The molecule has 122 valence electrons. The molecule has 0 saturated heterocycles. The second kappa shape index (κ2) is 6.94. The highest BCUT2D eigenvalue weighted by molar-refractivity contribution is 6.01. The molecule has 4 nitrogen and oxygen atoms in total. The van der Waals surface area contributed by atoms with Gasteiger partial charge in [-0.05, 0) is 30.5 Å². The minimum absolute atomic E-state index is 0.154. The third-order valence-corrected chi connectivity index (χ3v) is 4.45. The molecule has 1 atom stereocenters. The van der Waals surface area contributed by atoms with Crippen LogP contribution in [-0.2, 0) is 9.63 Å². The van der Waals surface area contributed by atoms with Crippen LogP contribution < -0.4 is 0 Å². The van der Waals surface area contributed by atoms with Crippen LogP contribution in [0.5, 0.6) is 0 Å². The van der Waals surface area contributed by atoms with E-state index in [2.05, 4.69) is 11.7 Å². The van der Waals surface area contributed by atoms with Gasteiger partial charge in [0.1, 0.15) is 5.82 Å². The average molecular weight is 316 g/mol. The molecule has 1 aromatic rings. The van der Waals surface area contributed by atoms with Gasteiger partial charge in [0.15, 0.2) is 6.10 Å². The first-order valence-electron chi connectivity index (χ1n) is 8.05.